The molecule has 2 saturated heterocycles. The highest BCUT2D eigenvalue weighted by atomic mass is 35.5. The number of H-pyrrole nitrogens is 1. The van der Waals surface area contributed by atoms with Crippen LogP contribution >= 0.6 is 11.6 Å². The average Bonchev–Trinajstić information content (AvgIpc) is 3.64. The summed E-state index contributed by atoms with van der Waals surface area (Å²) in [6.45, 7) is 5.52. The molecule has 15 heteroatoms. The number of nitrogens with zero attached hydrogens (tertiary/aromatic N) is 6. The molecule has 2 aliphatic heterocycles. The summed E-state index contributed by atoms with van der Waals surface area (Å²) in [5.74, 6) is -1.55. The smallest absolute Gasteiger partial charge is 0.319 e. The zero-order chi connectivity index (χ0) is 28.7. The van der Waals surface area contributed by atoms with E-state index in [-0.39, 0.29) is 47.2 Å². The molecule has 0 radical (unpaired) electrons. The predicted octanol–water partition coefficient (Wildman–Crippen LogP) is 3.55. The third kappa shape index (κ3) is 5.08. The molecule has 6 rings (SSSR count). The summed E-state index contributed by atoms with van der Waals surface area (Å²) in [4.78, 5) is 29.1. The highest BCUT2D eigenvalue weighted by Crippen LogP contribution is 2.40. The van der Waals surface area contributed by atoms with Crippen LogP contribution in [0.1, 0.15) is 0 Å². The Morgan fingerprint density at radius 2 is 2.00 bits per heavy atom. The minimum Gasteiger partial charge on any atom is -0.458 e. The minimum absolute atomic E-state index is 0.0210. The monoisotopic (exact) mass is 588 g/mol. The number of benzene rings is 1. The molecule has 1 aromatic carbocycles. The maximum absolute atomic E-state index is 14.6. The fraction of sp³-hybridized carbons (Fsp3) is 0.346. The van der Waals surface area contributed by atoms with Gasteiger partial charge in [0.25, 0.3) is 0 Å². The Labute approximate surface area is 236 Å². The van der Waals surface area contributed by atoms with Gasteiger partial charge in [-0.05, 0) is 12.1 Å². The van der Waals surface area contributed by atoms with Gasteiger partial charge < -0.3 is 24.6 Å². The number of halogens is 4. The first-order valence-corrected chi connectivity index (χ1v) is 13.2. The van der Waals surface area contributed by atoms with Crippen molar-refractivity contribution in [3.05, 3.63) is 48.0 Å². The third-order valence-electron chi connectivity index (χ3n) is 7.18. The van der Waals surface area contributed by atoms with Crippen LogP contribution in [0, 0.1) is 11.7 Å². The minimum atomic E-state index is -2.60. The molecular formula is C26H24ClF3N8O3. The van der Waals surface area contributed by atoms with Gasteiger partial charge in [0.05, 0.1) is 28.4 Å². The zero-order valence-corrected chi connectivity index (χ0v) is 22.2. The third-order valence-corrected chi connectivity index (χ3v) is 7.53. The molecule has 0 bridgehead atoms. The first kappa shape index (κ1) is 27.0. The molecular weight excluding hydrogens is 565 g/mol. The molecule has 214 valence electrons. The fourth-order valence-corrected chi connectivity index (χ4v) is 5.22. The highest BCUT2D eigenvalue weighted by Gasteiger charge is 2.37. The van der Waals surface area contributed by atoms with Crippen molar-refractivity contribution in [2.45, 2.75) is 12.5 Å². The average molecular weight is 589 g/mol. The molecule has 5 heterocycles. The first-order chi connectivity index (χ1) is 19.8. The zero-order valence-electron chi connectivity index (χ0n) is 21.5. The van der Waals surface area contributed by atoms with Gasteiger partial charge in [0.15, 0.2) is 5.75 Å². The van der Waals surface area contributed by atoms with E-state index in [1.807, 2.05) is 4.90 Å². The lowest BCUT2D eigenvalue weighted by atomic mass is 10.1. The number of fused-ring (bicyclic) bond motifs is 2. The van der Waals surface area contributed by atoms with E-state index < -0.39 is 24.3 Å². The van der Waals surface area contributed by atoms with E-state index in [2.05, 4.69) is 37.0 Å². The number of piperazine rings is 1. The number of pyridine rings is 1. The standard InChI is InChI=1S/C26H24ClF3N8O3/c1-2-19(39)37-5-7-38(8-6-37)24-13-3-4-32-25(41-22-14-11-33-36-17(14)9-16(28)20(22)27)21(13)34-26(35-24)40-18-12-31-10-15(18)23(29)30/h2-4,9,11,15,18,23,31H,1,5-8,10,12H2,(H,33,36)/t15?,18-/m1/s1. The first-order valence-electron chi connectivity index (χ1n) is 12.8. The van der Waals surface area contributed by atoms with Crippen molar-refractivity contribution >= 4 is 45.1 Å². The van der Waals surface area contributed by atoms with Gasteiger partial charge in [-0.2, -0.15) is 15.1 Å². The lowest BCUT2D eigenvalue weighted by molar-refractivity contribution is -0.126. The maximum atomic E-state index is 14.6. The largest absolute Gasteiger partial charge is 0.458 e. The van der Waals surface area contributed by atoms with Gasteiger partial charge in [0.2, 0.25) is 18.2 Å². The van der Waals surface area contributed by atoms with Gasteiger partial charge in [-0.25, -0.2) is 18.2 Å². The summed E-state index contributed by atoms with van der Waals surface area (Å²) in [5, 5.41) is 10.2. The summed E-state index contributed by atoms with van der Waals surface area (Å²) < 4.78 is 53.8. The van der Waals surface area contributed by atoms with Crippen LogP contribution in [-0.4, -0.2) is 87.8 Å². The molecule has 3 aromatic heterocycles. The number of ether oxygens (including phenoxy) is 2. The number of aromatic amines is 1. The molecule has 11 nitrogen and oxygen atoms in total. The summed E-state index contributed by atoms with van der Waals surface area (Å²) >= 11 is 6.27. The Morgan fingerprint density at radius 3 is 2.76 bits per heavy atom. The molecule has 2 aliphatic rings. The summed E-state index contributed by atoms with van der Waals surface area (Å²) in [5.41, 5.74) is 0.564. The van der Waals surface area contributed by atoms with E-state index in [0.717, 1.165) is 0 Å². The van der Waals surface area contributed by atoms with E-state index in [9.17, 15) is 18.0 Å². The van der Waals surface area contributed by atoms with Crippen LogP contribution < -0.4 is 19.7 Å². The molecule has 2 N–H and O–H groups in total. The summed E-state index contributed by atoms with van der Waals surface area (Å²) in [6, 6.07) is 2.74. The van der Waals surface area contributed by atoms with Crippen molar-refractivity contribution in [3.63, 3.8) is 0 Å². The number of nitrogens with one attached hydrogen (secondary N) is 2. The van der Waals surface area contributed by atoms with Gasteiger partial charge in [-0.3, -0.25) is 9.89 Å². The maximum Gasteiger partial charge on any atom is 0.319 e. The van der Waals surface area contributed by atoms with E-state index in [0.29, 0.717) is 48.3 Å². The van der Waals surface area contributed by atoms with Crippen molar-refractivity contribution in [2.75, 3.05) is 44.2 Å². The molecule has 0 saturated carbocycles. The Balaban J connectivity index is 1.43. The van der Waals surface area contributed by atoms with Crippen LogP contribution in [-0.2, 0) is 4.79 Å². The second-order valence-corrected chi connectivity index (χ2v) is 9.98. The molecule has 2 atom stereocenters. The van der Waals surface area contributed by atoms with Gasteiger partial charge in [-0.15, -0.1) is 0 Å². The number of carbonyl (C=O) groups is 1. The van der Waals surface area contributed by atoms with E-state index >= 15 is 0 Å². The Kier molecular flexibility index (Phi) is 7.26. The van der Waals surface area contributed by atoms with Crippen molar-refractivity contribution in [2.24, 2.45) is 5.92 Å². The normalized spacial score (nSPS) is 19.3. The summed E-state index contributed by atoms with van der Waals surface area (Å²) in [7, 11) is 0. The SMILES string of the molecule is C=CC(=O)N1CCN(c2nc(O[C@@H]3CNCC3C(F)F)nc3c(Oc4c(Cl)c(F)cc5[nH]ncc45)nccc23)CC1. The molecule has 1 unspecified atom stereocenters. The molecule has 2 fully saturated rings. The van der Waals surface area contributed by atoms with Crippen molar-refractivity contribution in [1.29, 1.82) is 0 Å². The number of aromatic nitrogens is 5. The van der Waals surface area contributed by atoms with Crippen LogP contribution in [0.2, 0.25) is 5.02 Å². The molecule has 41 heavy (non-hydrogen) atoms. The number of carbonyl (C=O) groups excluding carboxylic acids is 1. The van der Waals surface area contributed by atoms with E-state index in [1.54, 1.807) is 11.0 Å². The Morgan fingerprint density at radius 1 is 1.20 bits per heavy atom. The second-order valence-electron chi connectivity index (χ2n) is 9.61. The van der Waals surface area contributed by atoms with Gasteiger partial charge in [0, 0.05) is 51.5 Å². The lowest BCUT2D eigenvalue weighted by Crippen LogP contribution is -2.48. The molecule has 0 aliphatic carbocycles. The predicted molar refractivity (Wildman–Crippen MR) is 144 cm³/mol. The number of rotatable bonds is 7. The van der Waals surface area contributed by atoms with Crippen LogP contribution in [0.5, 0.6) is 17.6 Å². The van der Waals surface area contributed by atoms with Gasteiger partial charge in [0.1, 0.15) is 28.3 Å². The lowest BCUT2D eigenvalue weighted by Gasteiger charge is -2.35. The molecule has 4 aromatic rings. The van der Waals surface area contributed by atoms with Gasteiger partial charge >= 0.3 is 6.01 Å². The molecule has 1 amide bonds. The molecule has 0 spiro atoms. The van der Waals surface area contributed by atoms with Crippen LogP contribution in [0.15, 0.2) is 37.2 Å². The Bertz CT molecular complexity index is 1630. The summed E-state index contributed by atoms with van der Waals surface area (Å²) in [6.07, 6.45) is 0.721. The van der Waals surface area contributed by atoms with Gasteiger partial charge in [-0.1, -0.05) is 18.2 Å². The topological polar surface area (TPSA) is 121 Å². The van der Waals surface area contributed by atoms with Crippen LogP contribution in [0.3, 0.4) is 0 Å². The fourth-order valence-electron chi connectivity index (χ4n) is 5.02. The Hall–Kier alpha value is -4.17. The van der Waals surface area contributed by atoms with Crippen molar-refractivity contribution < 1.29 is 27.4 Å². The number of amides is 1. The number of hydrogen-bond donors (Lipinski definition) is 2. The van der Waals surface area contributed by atoms with E-state index in [1.165, 1.54) is 24.5 Å². The van der Waals surface area contributed by atoms with Crippen molar-refractivity contribution in [3.8, 4) is 17.6 Å². The second kappa shape index (κ2) is 11.0. The van der Waals surface area contributed by atoms with Crippen LogP contribution in [0.4, 0.5) is 19.0 Å². The number of anilines is 1. The number of alkyl halides is 2. The highest BCUT2D eigenvalue weighted by molar-refractivity contribution is 6.33. The number of hydrogen-bond acceptors (Lipinski definition) is 9. The van der Waals surface area contributed by atoms with Crippen LogP contribution in [0.25, 0.3) is 21.8 Å². The quantitative estimate of drug-likeness (QED) is 0.312. The van der Waals surface area contributed by atoms with E-state index in [4.69, 9.17) is 21.1 Å². The van der Waals surface area contributed by atoms with Crippen molar-refractivity contribution in [1.82, 2.24) is 35.4 Å².